The minimum atomic E-state index is -0.542. The molecule has 0 aliphatic heterocycles. The first-order valence-electron chi connectivity index (χ1n) is 9.06. The van der Waals surface area contributed by atoms with E-state index in [0.717, 1.165) is 16.2 Å². The summed E-state index contributed by atoms with van der Waals surface area (Å²) in [5.74, 6) is 1.13. The monoisotopic (exact) mass is 413 g/mol. The van der Waals surface area contributed by atoms with Crippen molar-refractivity contribution in [1.29, 1.82) is 0 Å². The number of carbonyl (C=O) groups is 2. The van der Waals surface area contributed by atoms with Gasteiger partial charge in [0.1, 0.15) is 6.54 Å². The van der Waals surface area contributed by atoms with Gasteiger partial charge in [0.15, 0.2) is 23.0 Å². The number of methoxy groups -OCH3 is 5. The van der Waals surface area contributed by atoms with E-state index in [-0.39, 0.29) is 6.54 Å². The lowest BCUT2D eigenvalue weighted by Gasteiger charge is -2.16. The van der Waals surface area contributed by atoms with Crippen molar-refractivity contribution in [2.45, 2.75) is 0 Å². The molecule has 1 amide bonds. The molecule has 158 valence electrons. The molecule has 0 aromatic heterocycles. The van der Waals surface area contributed by atoms with Crippen LogP contribution in [-0.2, 0) is 9.53 Å². The fourth-order valence-electron chi connectivity index (χ4n) is 3.31. The van der Waals surface area contributed by atoms with E-state index in [1.165, 1.54) is 14.2 Å². The Morgan fingerprint density at radius 2 is 1.20 bits per heavy atom. The van der Waals surface area contributed by atoms with E-state index in [2.05, 4.69) is 10.1 Å². The largest absolute Gasteiger partial charge is 0.493 e. The van der Waals surface area contributed by atoms with Gasteiger partial charge in [-0.1, -0.05) is 0 Å². The Kier molecular flexibility index (Phi) is 6.15. The van der Waals surface area contributed by atoms with Crippen LogP contribution in [0, 0.1) is 0 Å². The average Bonchev–Trinajstić information content (AvgIpc) is 2.79. The van der Waals surface area contributed by atoms with Gasteiger partial charge < -0.3 is 29.0 Å². The van der Waals surface area contributed by atoms with Gasteiger partial charge in [-0.05, 0) is 51.9 Å². The molecule has 0 fully saturated rings. The zero-order valence-corrected chi connectivity index (χ0v) is 17.5. The summed E-state index contributed by atoms with van der Waals surface area (Å²) in [4.78, 5) is 24.4. The second kappa shape index (κ2) is 8.77. The summed E-state index contributed by atoms with van der Waals surface area (Å²) in [6.07, 6.45) is 0. The topological polar surface area (TPSA) is 92.3 Å². The van der Waals surface area contributed by atoms with Gasteiger partial charge >= 0.3 is 5.97 Å². The maximum absolute atomic E-state index is 12.9. The van der Waals surface area contributed by atoms with Gasteiger partial charge in [0.2, 0.25) is 0 Å². The van der Waals surface area contributed by atoms with Crippen LogP contribution in [-0.4, -0.2) is 54.0 Å². The number of fused-ring (bicyclic) bond motifs is 3. The molecule has 3 rings (SSSR count). The Balaban J connectivity index is 2.32. The van der Waals surface area contributed by atoms with E-state index >= 15 is 0 Å². The van der Waals surface area contributed by atoms with E-state index < -0.39 is 11.9 Å². The Morgan fingerprint density at radius 1 is 0.700 bits per heavy atom. The molecule has 8 nitrogen and oxygen atoms in total. The van der Waals surface area contributed by atoms with Crippen LogP contribution in [0.3, 0.4) is 0 Å². The number of ether oxygens (including phenoxy) is 5. The molecular formula is C22H23NO7. The predicted octanol–water partition coefficient (Wildman–Crippen LogP) is 2.93. The first-order valence-corrected chi connectivity index (χ1v) is 9.06. The normalized spacial score (nSPS) is 10.6. The third-order valence-electron chi connectivity index (χ3n) is 4.83. The number of benzene rings is 3. The van der Waals surface area contributed by atoms with E-state index in [1.807, 2.05) is 6.07 Å². The molecule has 0 atom stereocenters. The Labute approximate surface area is 173 Å². The minimum Gasteiger partial charge on any atom is -0.493 e. The number of rotatable bonds is 7. The van der Waals surface area contributed by atoms with Crippen molar-refractivity contribution >= 4 is 33.4 Å². The molecule has 1 N–H and O–H groups in total. The highest BCUT2D eigenvalue weighted by Gasteiger charge is 2.19. The lowest BCUT2D eigenvalue weighted by molar-refractivity contribution is -0.139. The number of hydrogen-bond acceptors (Lipinski definition) is 7. The molecule has 30 heavy (non-hydrogen) atoms. The average molecular weight is 413 g/mol. The molecule has 0 saturated heterocycles. The van der Waals surface area contributed by atoms with Crippen LogP contribution in [0.1, 0.15) is 10.4 Å². The van der Waals surface area contributed by atoms with Crippen molar-refractivity contribution in [3.8, 4) is 23.0 Å². The second-order valence-corrected chi connectivity index (χ2v) is 6.36. The zero-order chi connectivity index (χ0) is 21.8. The maximum atomic E-state index is 12.9. The summed E-state index contributed by atoms with van der Waals surface area (Å²) in [6, 6.07) is 8.91. The summed E-state index contributed by atoms with van der Waals surface area (Å²) < 4.78 is 26.3. The van der Waals surface area contributed by atoms with Gasteiger partial charge in [0, 0.05) is 5.56 Å². The zero-order valence-electron chi connectivity index (χ0n) is 17.5. The van der Waals surface area contributed by atoms with Crippen LogP contribution in [0.2, 0.25) is 0 Å². The molecule has 0 aliphatic carbocycles. The Morgan fingerprint density at radius 3 is 1.73 bits per heavy atom. The van der Waals surface area contributed by atoms with Crippen molar-refractivity contribution in [2.24, 2.45) is 0 Å². The number of hydrogen-bond donors (Lipinski definition) is 1. The van der Waals surface area contributed by atoms with Crippen LogP contribution in [0.15, 0.2) is 30.3 Å². The second-order valence-electron chi connectivity index (χ2n) is 6.36. The SMILES string of the molecule is COC(=O)CNC(=O)c1cc2cc(OC)c(OC)cc2c2cc(OC)c(OC)cc12. The Bertz CT molecular complexity index is 1120. The van der Waals surface area contributed by atoms with Crippen molar-refractivity contribution in [3.63, 3.8) is 0 Å². The maximum Gasteiger partial charge on any atom is 0.325 e. The highest BCUT2D eigenvalue weighted by atomic mass is 16.5. The number of esters is 1. The molecule has 0 bridgehead atoms. The van der Waals surface area contributed by atoms with Gasteiger partial charge in [-0.15, -0.1) is 0 Å². The molecule has 3 aromatic carbocycles. The van der Waals surface area contributed by atoms with E-state index in [9.17, 15) is 9.59 Å². The van der Waals surface area contributed by atoms with E-state index in [4.69, 9.17) is 18.9 Å². The third-order valence-corrected chi connectivity index (χ3v) is 4.83. The first kappa shape index (κ1) is 21.0. The summed E-state index contributed by atoms with van der Waals surface area (Å²) in [5.41, 5.74) is 0.370. The van der Waals surface area contributed by atoms with Gasteiger partial charge in [0.05, 0.1) is 35.5 Å². The fraction of sp³-hybridized carbons (Fsp3) is 0.273. The molecule has 0 heterocycles. The quantitative estimate of drug-likeness (QED) is 0.470. The van der Waals surface area contributed by atoms with Crippen LogP contribution >= 0.6 is 0 Å². The molecule has 0 saturated carbocycles. The highest BCUT2D eigenvalue weighted by molar-refractivity contribution is 6.18. The third kappa shape index (κ3) is 3.76. The minimum absolute atomic E-state index is 0.242. The van der Waals surface area contributed by atoms with Crippen molar-refractivity contribution in [3.05, 3.63) is 35.9 Å². The number of nitrogens with one attached hydrogen (secondary N) is 1. The van der Waals surface area contributed by atoms with Crippen LogP contribution in [0.4, 0.5) is 0 Å². The molecular weight excluding hydrogens is 390 g/mol. The highest BCUT2D eigenvalue weighted by Crippen LogP contribution is 2.41. The van der Waals surface area contributed by atoms with Crippen LogP contribution in [0.5, 0.6) is 23.0 Å². The van der Waals surface area contributed by atoms with Crippen molar-refractivity contribution < 1.29 is 33.3 Å². The van der Waals surface area contributed by atoms with Crippen molar-refractivity contribution in [2.75, 3.05) is 42.1 Å². The molecule has 0 radical (unpaired) electrons. The summed E-state index contributed by atoms with van der Waals surface area (Å²) >= 11 is 0. The Hall–Kier alpha value is -3.68. The van der Waals surface area contributed by atoms with Gasteiger partial charge in [-0.25, -0.2) is 0 Å². The lowest BCUT2D eigenvalue weighted by Crippen LogP contribution is -2.30. The van der Waals surface area contributed by atoms with Gasteiger partial charge in [-0.2, -0.15) is 0 Å². The van der Waals surface area contributed by atoms with E-state index in [1.54, 1.807) is 45.6 Å². The fourth-order valence-corrected chi connectivity index (χ4v) is 3.31. The van der Waals surface area contributed by atoms with Crippen molar-refractivity contribution in [1.82, 2.24) is 5.32 Å². The van der Waals surface area contributed by atoms with E-state index in [0.29, 0.717) is 33.9 Å². The first-order chi connectivity index (χ1) is 14.5. The summed E-state index contributed by atoms with van der Waals surface area (Å²) in [6.45, 7) is -0.242. The molecule has 0 aliphatic rings. The van der Waals surface area contributed by atoms with Gasteiger partial charge in [-0.3, -0.25) is 9.59 Å². The smallest absolute Gasteiger partial charge is 0.325 e. The molecule has 3 aromatic rings. The molecule has 8 heteroatoms. The van der Waals surface area contributed by atoms with Crippen LogP contribution in [0.25, 0.3) is 21.5 Å². The molecule has 0 spiro atoms. The van der Waals surface area contributed by atoms with Gasteiger partial charge in [0.25, 0.3) is 5.91 Å². The lowest BCUT2D eigenvalue weighted by atomic mass is 9.95. The van der Waals surface area contributed by atoms with Crippen LogP contribution < -0.4 is 24.3 Å². The predicted molar refractivity (Wildman–Crippen MR) is 112 cm³/mol. The standard InChI is InChI=1S/C22H23NO7/c1-26-17-7-12-6-16(22(25)23-11-21(24)30-5)15-10-20(29-4)19(28-3)9-14(15)13(12)8-18(17)27-2/h6-10H,11H2,1-5H3,(H,23,25). The summed E-state index contributed by atoms with van der Waals surface area (Å²) in [7, 11) is 7.43. The number of carbonyl (C=O) groups excluding carboxylic acids is 2. The summed E-state index contributed by atoms with van der Waals surface area (Å²) in [5, 5.41) is 5.58. The molecule has 0 unspecified atom stereocenters. The number of amides is 1.